The molecule has 3 aromatic carbocycles. The fourth-order valence-corrected chi connectivity index (χ4v) is 5.09. The van der Waals surface area contributed by atoms with Crippen LogP contribution in [0.15, 0.2) is 77.4 Å². The first-order valence-corrected chi connectivity index (χ1v) is 12.5. The Hall–Kier alpha value is -3.58. The average Bonchev–Trinajstić information content (AvgIpc) is 3.25. The monoisotopic (exact) mass is 547 g/mol. The number of aryl methyl sites for hydroxylation is 1. The highest BCUT2D eigenvalue weighted by Gasteiger charge is 2.48. The first-order valence-electron chi connectivity index (χ1n) is 11.7. The van der Waals surface area contributed by atoms with E-state index < -0.39 is 29.6 Å². The minimum atomic E-state index is -1.30. The molecule has 0 spiro atoms. The Morgan fingerprint density at radius 3 is 2.39 bits per heavy atom. The van der Waals surface area contributed by atoms with Gasteiger partial charge >= 0.3 is 11.9 Å². The molecule has 36 heavy (non-hydrogen) atoms. The minimum Gasteiger partial charge on any atom is -0.488 e. The van der Waals surface area contributed by atoms with Crippen molar-refractivity contribution < 1.29 is 23.8 Å². The van der Waals surface area contributed by atoms with Gasteiger partial charge in [-0.25, -0.2) is 0 Å². The third-order valence-corrected chi connectivity index (χ3v) is 6.94. The van der Waals surface area contributed by atoms with Crippen molar-refractivity contribution in [2.24, 2.45) is 5.92 Å². The van der Waals surface area contributed by atoms with E-state index in [-0.39, 0.29) is 0 Å². The zero-order chi connectivity index (χ0) is 25.4. The predicted molar refractivity (Wildman–Crippen MR) is 140 cm³/mol. The quantitative estimate of drug-likeness (QED) is 0.223. The van der Waals surface area contributed by atoms with Crippen molar-refractivity contribution in [2.45, 2.75) is 39.1 Å². The highest BCUT2D eigenvalue weighted by Crippen LogP contribution is 2.42. The summed E-state index contributed by atoms with van der Waals surface area (Å²) in [5.41, 5.74) is 4.73. The van der Waals surface area contributed by atoms with Crippen molar-refractivity contribution in [3.8, 4) is 5.75 Å². The molecule has 1 fully saturated rings. The van der Waals surface area contributed by atoms with E-state index in [1.807, 2.05) is 79.9 Å². The van der Waals surface area contributed by atoms with Crippen LogP contribution in [0.3, 0.4) is 0 Å². The molecule has 0 bridgehead atoms. The molecule has 2 heterocycles. The molecular formula is C29H26BrNO5. The van der Waals surface area contributed by atoms with E-state index in [0.717, 1.165) is 32.1 Å². The van der Waals surface area contributed by atoms with Gasteiger partial charge < -0.3 is 19.2 Å². The van der Waals surface area contributed by atoms with Gasteiger partial charge in [0, 0.05) is 36.9 Å². The molecule has 1 aromatic heterocycles. The number of aromatic amines is 1. The number of H-pyrrole nitrogens is 1. The maximum absolute atomic E-state index is 13.1. The van der Waals surface area contributed by atoms with E-state index in [0.29, 0.717) is 12.4 Å². The summed E-state index contributed by atoms with van der Waals surface area (Å²) in [7, 11) is 0. The molecule has 1 aliphatic rings. The fraction of sp³-hybridized carbons (Fsp3) is 0.241. The number of benzene rings is 3. The summed E-state index contributed by atoms with van der Waals surface area (Å²) in [4.78, 5) is 29.5. The van der Waals surface area contributed by atoms with Crippen molar-refractivity contribution in [3.05, 3.63) is 99.7 Å². The predicted octanol–water partition coefficient (Wildman–Crippen LogP) is 6.40. The molecule has 7 heteroatoms. The Kier molecular flexibility index (Phi) is 6.35. The Morgan fingerprint density at radius 1 is 1.00 bits per heavy atom. The second kappa shape index (κ2) is 9.47. The largest absolute Gasteiger partial charge is 0.488 e. The van der Waals surface area contributed by atoms with Gasteiger partial charge in [0.2, 0.25) is 0 Å². The number of para-hydroxylation sites is 1. The molecule has 6 nitrogen and oxygen atoms in total. The number of esters is 2. The summed E-state index contributed by atoms with van der Waals surface area (Å²) in [5, 5.41) is 0.920. The second-order valence-electron chi connectivity index (χ2n) is 9.45. The topological polar surface area (TPSA) is 77.6 Å². The molecule has 1 saturated heterocycles. The molecule has 1 atom stereocenters. The average molecular weight is 548 g/mol. The lowest BCUT2D eigenvalue weighted by atomic mass is 9.80. The van der Waals surface area contributed by atoms with Crippen LogP contribution in [0, 0.1) is 12.8 Å². The number of ether oxygens (including phenoxy) is 3. The summed E-state index contributed by atoms with van der Waals surface area (Å²) < 4.78 is 17.7. The second-order valence-corrected chi connectivity index (χ2v) is 10.3. The molecular weight excluding hydrogens is 522 g/mol. The molecule has 1 aliphatic heterocycles. The lowest BCUT2D eigenvalue weighted by molar-refractivity contribution is -0.240. The van der Waals surface area contributed by atoms with Crippen LogP contribution >= 0.6 is 15.9 Å². The zero-order valence-corrected chi connectivity index (χ0v) is 21.8. The van der Waals surface area contributed by atoms with Crippen LogP contribution in [-0.4, -0.2) is 22.7 Å². The lowest BCUT2D eigenvalue weighted by Gasteiger charge is -2.36. The third kappa shape index (κ3) is 4.75. The minimum absolute atomic E-state index is 0.417. The van der Waals surface area contributed by atoms with E-state index in [2.05, 4.69) is 20.9 Å². The number of nitrogens with one attached hydrogen (secondary N) is 1. The number of carbonyl (C=O) groups is 2. The first kappa shape index (κ1) is 24.1. The maximum atomic E-state index is 13.1. The molecule has 0 unspecified atom stereocenters. The van der Waals surface area contributed by atoms with E-state index in [4.69, 9.17) is 14.2 Å². The number of halogens is 1. The van der Waals surface area contributed by atoms with Crippen LogP contribution in [0.1, 0.15) is 42.0 Å². The van der Waals surface area contributed by atoms with Crippen LogP contribution in [-0.2, 0) is 25.7 Å². The van der Waals surface area contributed by atoms with E-state index in [1.54, 1.807) is 13.8 Å². The lowest BCUT2D eigenvalue weighted by Crippen LogP contribution is -2.48. The van der Waals surface area contributed by atoms with Crippen molar-refractivity contribution in [3.63, 3.8) is 0 Å². The Labute approximate surface area is 217 Å². The maximum Gasteiger partial charge on any atom is 0.324 e. The molecule has 0 radical (unpaired) electrons. The standard InChI is InChI=1S/C29H26BrNO5/c1-17-8-10-18(11-9-17)16-34-24-13-12-19(14-22(24)30)25(21-15-31-23-7-5-4-6-20(21)23)26-27(32)35-29(2,3)36-28(26)33/h4-15,25-26,31H,16H2,1-3H3/t25-/m1/s1. The van der Waals surface area contributed by atoms with Gasteiger partial charge in [0.25, 0.3) is 5.79 Å². The summed E-state index contributed by atoms with van der Waals surface area (Å²) in [6.07, 6.45) is 1.84. The fourth-order valence-electron chi connectivity index (χ4n) is 4.58. The van der Waals surface area contributed by atoms with Crippen LogP contribution < -0.4 is 4.74 Å². The van der Waals surface area contributed by atoms with Crippen molar-refractivity contribution in [1.29, 1.82) is 0 Å². The van der Waals surface area contributed by atoms with Crippen LogP contribution in [0.25, 0.3) is 10.9 Å². The van der Waals surface area contributed by atoms with Crippen molar-refractivity contribution in [2.75, 3.05) is 0 Å². The smallest absolute Gasteiger partial charge is 0.324 e. The molecule has 0 saturated carbocycles. The number of aromatic nitrogens is 1. The van der Waals surface area contributed by atoms with Gasteiger partial charge in [-0.05, 0) is 57.7 Å². The van der Waals surface area contributed by atoms with Crippen LogP contribution in [0.4, 0.5) is 0 Å². The SMILES string of the molecule is Cc1ccc(COc2ccc([C@H](c3c[nH]c4ccccc34)C3C(=O)OC(C)(C)OC3=O)cc2Br)cc1. The number of cyclic esters (lactones) is 2. The summed E-state index contributed by atoms with van der Waals surface area (Å²) >= 11 is 3.62. The summed E-state index contributed by atoms with van der Waals surface area (Å²) in [6, 6.07) is 21.5. The van der Waals surface area contributed by atoms with E-state index >= 15 is 0 Å². The van der Waals surface area contributed by atoms with Gasteiger partial charge in [-0.1, -0.05) is 54.1 Å². The van der Waals surface area contributed by atoms with Gasteiger partial charge in [-0.15, -0.1) is 0 Å². The highest BCUT2D eigenvalue weighted by molar-refractivity contribution is 9.10. The molecule has 0 aliphatic carbocycles. The Morgan fingerprint density at radius 2 is 1.69 bits per heavy atom. The number of carbonyl (C=O) groups excluding carboxylic acids is 2. The molecule has 4 aromatic rings. The van der Waals surface area contributed by atoms with Gasteiger partial charge in [0.15, 0.2) is 5.92 Å². The molecule has 5 rings (SSSR count). The Bertz CT molecular complexity index is 1420. The van der Waals surface area contributed by atoms with Crippen molar-refractivity contribution >= 4 is 38.8 Å². The molecule has 184 valence electrons. The highest BCUT2D eigenvalue weighted by atomic mass is 79.9. The van der Waals surface area contributed by atoms with Gasteiger partial charge in [0.05, 0.1) is 4.47 Å². The Balaban J connectivity index is 1.52. The molecule has 0 amide bonds. The third-order valence-electron chi connectivity index (χ3n) is 6.32. The van der Waals surface area contributed by atoms with Crippen LogP contribution in [0.5, 0.6) is 5.75 Å². The van der Waals surface area contributed by atoms with E-state index in [9.17, 15) is 9.59 Å². The van der Waals surface area contributed by atoms with Crippen molar-refractivity contribution in [1.82, 2.24) is 4.98 Å². The van der Waals surface area contributed by atoms with Gasteiger partial charge in [-0.2, -0.15) is 0 Å². The summed E-state index contributed by atoms with van der Waals surface area (Å²) in [6.45, 7) is 5.57. The van der Waals surface area contributed by atoms with Gasteiger partial charge in [-0.3, -0.25) is 9.59 Å². The van der Waals surface area contributed by atoms with Gasteiger partial charge in [0.1, 0.15) is 12.4 Å². The number of hydrogen-bond acceptors (Lipinski definition) is 5. The zero-order valence-electron chi connectivity index (χ0n) is 20.2. The van der Waals surface area contributed by atoms with Crippen LogP contribution in [0.2, 0.25) is 0 Å². The van der Waals surface area contributed by atoms with E-state index in [1.165, 1.54) is 5.56 Å². The molecule has 1 N–H and O–H groups in total. The number of rotatable bonds is 6. The normalized spacial score (nSPS) is 16.4. The summed E-state index contributed by atoms with van der Waals surface area (Å²) in [5.74, 6) is -3.64. The number of hydrogen-bond donors (Lipinski definition) is 1. The first-order chi connectivity index (χ1) is 17.2. The number of fused-ring (bicyclic) bond motifs is 1.